The van der Waals surface area contributed by atoms with Crippen molar-refractivity contribution in [2.24, 2.45) is 5.92 Å². The van der Waals surface area contributed by atoms with Crippen LogP contribution >= 0.6 is 23.4 Å². The SMILES string of the molecule is Nn1c(CCC2CCCCC2)nnc1SCc1nc(-c2cccc(Cl)c2)no1. The quantitative estimate of drug-likeness (QED) is 0.445. The van der Waals surface area contributed by atoms with Crippen molar-refractivity contribution in [3.63, 3.8) is 0 Å². The molecule has 1 aliphatic rings. The van der Waals surface area contributed by atoms with Gasteiger partial charge < -0.3 is 10.4 Å². The van der Waals surface area contributed by atoms with E-state index in [4.69, 9.17) is 22.0 Å². The largest absolute Gasteiger partial charge is 0.338 e. The maximum atomic E-state index is 6.19. The Morgan fingerprint density at radius 2 is 2.07 bits per heavy atom. The highest BCUT2D eigenvalue weighted by molar-refractivity contribution is 7.98. The number of hydrogen-bond acceptors (Lipinski definition) is 7. The maximum absolute atomic E-state index is 6.19. The van der Waals surface area contributed by atoms with E-state index in [1.807, 2.05) is 18.2 Å². The summed E-state index contributed by atoms with van der Waals surface area (Å²) < 4.78 is 6.92. The third-order valence-corrected chi connectivity index (χ3v) is 6.27. The van der Waals surface area contributed by atoms with Crippen LogP contribution in [0.25, 0.3) is 11.4 Å². The lowest BCUT2D eigenvalue weighted by atomic mass is 9.86. The van der Waals surface area contributed by atoms with E-state index in [9.17, 15) is 0 Å². The monoisotopic (exact) mass is 418 g/mol. The minimum atomic E-state index is 0.478. The lowest BCUT2D eigenvalue weighted by Crippen LogP contribution is -2.16. The Morgan fingerprint density at radius 3 is 2.89 bits per heavy atom. The molecular formula is C19H23ClN6OS. The number of aryl methyl sites for hydroxylation is 1. The van der Waals surface area contributed by atoms with Crippen molar-refractivity contribution in [1.82, 2.24) is 25.0 Å². The molecule has 2 aromatic heterocycles. The first-order valence-corrected chi connectivity index (χ1v) is 11.0. The predicted molar refractivity (Wildman–Crippen MR) is 109 cm³/mol. The molecule has 148 valence electrons. The Bertz CT molecular complexity index is 921. The standard InChI is InChI=1S/C19H23ClN6OS/c20-15-8-4-7-14(11-15)18-22-17(27-25-18)12-28-19-24-23-16(26(19)21)10-9-13-5-2-1-3-6-13/h4,7-8,11,13H,1-3,5-6,9-10,12,21H2. The molecule has 0 atom stereocenters. The smallest absolute Gasteiger partial charge is 0.237 e. The van der Waals surface area contributed by atoms with E-state index in [1.165, 1.54) is 43.9 Å². The third kappa shape index (κ3) is 4.67. The number of thioether (sulfide) groups is 1. The molecule has 1 aliphatic carbocycles. The van der Waals surface area contributed by atoms with Crippen LogP contribution in [0.15, 0.2) is 33.9 Å². The van der Waals surface area contributed by atoms with E-state index in [0.717, 1.165) is 30.1 Å². The van der Waals surface area contributed by atoms with Gasteiger partial charge in [0.25, 0.3) is 0 Å². The molecule has 0 aliphatic heterocycles. The summed E-state index contributed by atoms with van der Waals surface area (Å²) in [6, 6.07) is 7.36. The minimum Gasteiger partial charge on any atom is -0.338 e. The van der Waals surface area contributed by atoms with Gasteiger partial charge in [-0.3, -0.25) is 0 Å². The van der Waals surface area contributed by atoms with Gasteiger partial charge in [0, 0.05) is 17.0 Å². The fourth-order valence-electron chi connectivity index (χ4n) is 3.57. The van der Waals surface area contributed by atoms with Gasteiger partial charge >= 0.3 is 0 Å². The van der Waals surface area contributed by atoms with Crippen LogP contribution in [0, 0.1) is 5.92 Å². The van der Waals surface area contributed by atoms with Crippen molar-refractivity contribution in [2.75, 3.05) is 5.84 Å². The summed E-state index contributed by atoms with van der Waals surface area (Å²) in [6.07, 6.45) is 8.73. The molecule has 1 aromatic carbocycles. The second-order valence-electron chi connectivity index (χ2n) is 7.12. The van der Waals surface area contributed by atoms with E-state index in [2.05, 4.69) is 20.3 Å². The molecule has 0 bridgehead atoms. The number of rotatable bonds is 7. The van der Waals surface area contributed by atoms with Crippen molar-refractivity contribution >= 4 is 23.4 Å². The lowest BCUT2D eigenvalue weighted by molar-refractivity contribution is 0.336. The highest BCUT2D eigenvalue weighted by Crippen LogP contribution is 2.28. The van der Waals surface area contributed by atoms with Crippen molar-refractivity contribution in [1.29, 1.82) is 0 Å². The number of halogens is 1. The molecule has 0 unspecified atom stereocenters. The summed E-state index contributed by atoms with van der Waals surface area (Å²) in [5.74, 6) is 9.31. The zero-order chi connectivity index (χ0) is 19.3. The van der Waals surface area contributed by atoms with Crippen LogP contribution in [-0.2, 0) is 12.2 Å². The second-order valence-corrected chi connectivity index (χ2v) is 8.50. The maximum Gasteiger partial charge on any atom is 0.237 e. The Kier molecular flexibility index (Phi) is 6.17. The van der Waals surface area contributed by atoms with Gasteiger partial charge in [-0.25, -0.2) is 4.68 Å². The van der Waals surface area contributed by atoms with Crippen LogP contribution in [0.5, 0.6) is 0 Å². The van der Waals surface area contributed by atoms with Crippen LogP contribution < -0.4 is 5.84 Å². The van der Waals surface area contributed by atoms with Crippen LogP contribution in [0.4, 0.5) is 0 Å². The first-order valence-electron chi connectivity index (χ1n) is 9.60. The summed E-state index contributed by atoms with van der Waals surface area (Å²) in [7, 11) is 0. The van der Waals surface area contributed by atoms with E-state index >= 15 is 0 Å². The topological polar surface area (TPSA) is 95.7 Å². The van der Waals surface area contributed by atoms with Crippen LogP contribution in [0.1, 0.15) is 50.2 Å². The molecule has 1 saturated carbocycles. The van der Waals surface area contributed by atoms with Crippen molar-refractivity contribution < 1.29 is 4.52 Å². The van der Waals surface area contributed by atoms with Crippen molar-refractivity contribution in [3.8, 4) is 11.4 Å². The average molecular weight is 419 g/mol. The van der Waals surface area contributed by atoms with E-state index < -0.39 is 0 Å². The van der Waals surface area contributed by atoms with E-state index in [0.29, 0.717) is 27.6 Å². The summed E-state index contributed by atoms with van der Waals surface area (Å²) >= 11 is 7.45. The number of nitrogen functional groups attached to an aromatic ring is 1. The zero-order valence-electron chi connectivity index (χ0n) is 15.6. The third-order valence-electron chi connectivity index (χ3n) is 5.11. The highest BCUT2D eigenvalue weighted by atomic mass is 35.5. The van der Waals surface area contributed by atoms with Crippen molar-refractivity contribution in [3.05, 3.63) is 41.0 Å². The molecule has 28 heavy (non-hydrogen) atoms. The van der Waals surface area contributed by atoms with Gasteiger partial charge in [-0.05, 0) is 24.5 Å². The molecule has 0 saturated heterocycles. The summed E-state index contributed by atoms with van der Waals surface area (Å²) in [6.45, 7) is 0. The minimum absolute atomic E-state index is 0.478. The molecule has 2 N–H and O–H groups in total. The van der Waals surface area contributed by atoms with Gasteiger partial charge in [-0.2, -0.15) is 4.98 Å². The molecule has 2 heterocycles. The molecule has 9 heteroatoms. The summed E-state index contributed by atoms with van der Waals surface area (Å²) in [5.41, 5.74) is 0.819. The Morgan fingerprint density at radius 1 is 1.21 bits per heavy atom. The Balaban J connectivity index is 1.33. The fraction of sp³-hybridized carbons (Fsp3) is 0.474. The molecule has 3 aromatic rings. The lowest BCUT2D eigenvalue weighted by Gasteiger charge is -2.20. The fourth-order valence-corrected chi connectivity index (χ4v) is 4.47. The first-order chi connectivity index (χ1) is 13.7. The van der Waals surface area contributed by atoms with Crippen LogP contribution in [0.3, 0.4) is 0 Å². The van der Waals surface area contributed by atoms with Crippen LogP contribution in [-0.4, -0.2) is 25.0 Å². The zero-order valence-corrected chi connectivity index (χ0v) is 17.1. The van der Waals surface area contributed by atoms with Gasteiger partial charge in [0.2, 0.25) is 16.9 Å². The highest BCUT2D eigenvalue weighted by Gasteiger charge is 2.17. The van der Waals surface area contributed by atoms with Crippen molar-refractivity contribution in [2.45, 2.75) is 55.9 Å². The molecule has 0 radical (unpaired) electrons. The molecule has 4 rings (SSSR count). The van der Waals surface area contributed by atoms with Gasteiger partial charge in [-0.1, -0.05) is 72.8 Å². The predicted octanol–water partition coefficient (Wildman–Crippen LogP) is 4.50. The first kappa shape index (κ1) is 19.3. The normalized spacial score (nSPS) is 15.2. The van der Waals surface area contributed by atoms with Gasteiger partial charge in [0.05, 0.1) is 5.75 Å². The molecule has 0 spiro atoms. The van der Waals surface area contributed by atoms with E-state index in [-0.39, 0.29) is 0 Å². The van der Waals surface area contributed by atoms with E-state index in [1.54, 1.807) is 10.7 Å². The van der Waals surface area contributed by atoms with Gasteiger partial charge in [-0.15, -0.1) is 10.2 Å². The van der Waals surface area contributed by atoms with Gasteiger partial charge in [0.15, 0.2) is 5.82 Å². The number of nitrogens with two attached hydrogens (primary N) is 1. The number of hydrogen-bond donors (Lipinski definition) is 1. The number of nitrogens with zero attached hydrogens (tertiary/aromatic N) is 5. The molecule has 7 nitrogen and oxygen atoms in total. The summed E-state index contributed by atoms with van der Waals surface area (Å²) in [4.78, 5) is 4.42. The second kappa shape index (κ2) is 8.96. The molecule has 0 amide bonds. The Hall–Kier alpha value is -2.06. The summed E-state index contributed by atoms with van der Waals surface area (Å²) in [5, 5.41) is 13.8. The van der Waals surface area contributed by atoms with Crippen LogP contribution in [0.2, 0.25) is 5.02 Å². The average Bonchev–Trinajstić information content (AvgIpc) is 3.32. The molecule has 1 fully saturated rings. The number of aromatic nitrogens is 5. The Labute approximate surface area is 173 Å². The number of benzene rings is 1. The van der Waals surface area contributed by atoms with Gasteiger partial charge in [0.1, 0.15) is 0 Å². The molecular weight excluding hydrogens is 396 g/mol.